The normalized spacial score (nSPS) is 22.4. The van der Waals surface area contributed by atoms with E-state index in [9.17, 15) is 0 Å². The minimum absolute atomic E-state index is 0.631. The van der Waals surface area contributed by atoms with Gasteiger partial charge in [-0.15, -0.1) is 10.2 Å². The second-order valence-corrected chi connectivity index (χ2v) is 5.79. The van der Waals surface area contributed by atoms with Crippen LogP contribution in [0.3, 0.4) is 0 Å². The van der Waals surface area contributed by atoms with Gasteiger partial charge in [-0.05, 0) is 37.2 Å². The molecule has 1 unspecified atom stereocenters. The number of aromatic nitrogens is 5. The molecule has 2 aliphatic rings. The maximum atomic E-state index is 4.35. The summed E-state index contributed by atoms with van der Waals surface area (Å²) in [6.07, 6.45) is 7.58. The molecule has 104 valence electrons. The van der Waals surface area contributed by atoms with Crippen molar-refractivity contribution in [1.82, 2.24) is 24.7 Å². The van der Waals surface area contributed by atoms with E-state index in [1.807, 2.05) is 17.7 Å². The Kier molecular flexibility index (Phi) is 2.68. The molecular weight excluding hydrogens is 252 g/mol. The highest BCUT2D eigenvalue weighted by molar-refractivity contribution is 5.48. The van der Waals surface area contributed by atoms with Crippen molar-refractivity contribution in [3.8, 4) is 11.6 Å². The van der Waals surface area contributed by atoms with Gasteiger partial charge < -0.3 is 4.90 Å². The third kappa shape index (κ3) is 1.95. The Labute approximate surface area is 117 Å². The Hall–Kier alpha value is -1.98. The van der Waals surface area contributed by atoms with Crippen LogP contribution in [0.15, 0.2) is 18.5 Å². The Morgan fingerprint density at radius 3 is 2.60 bits per heavy atom. The van der Waals surface area contributed by atoms with E-state index in [-0.39, 0.29) is 0 Å². The van der Waals surface area contributed by atoms with Crippen LogP contribution in [0.25, 0.3) is 11.6 Å². The van der Waals surface area contributed by atoms with Crippen LogP contribution in [-0.4, -0.2) is 37.8 Å². The van der Waals surface area contributed by atoms with Gasteiger partial charge in [0.2, 0.25) is 11.8 Å². The molecule has 1 atom stereocenters. The van der Waals surface area contributed by atoms with E-state index in [2.05, 4.69) is 25.1 Å². The molecule has 0 bridgehead atoms. The van der Waals surface area contributed by atoms with Crippen molar-refractivity contribution in [2.75, 3.05) is 18.0 Å². The smallest absolute Gasteiger partial charge is 0.227 e. The molecule has 2 aromatic rings. The first-order valence-electron chi connectivity index (χ1n) is 7.24. The number of hydrogen-bond acceptors (Lipinski definition) is 5. The van der Waals surface area contributed by atoms with E-state index in [1.54, 1.807) is 12.4 Å². The molecule has 1 saturated carbocycles. The lowest BCUT2D eigenvalue weighted by molar-refractivity contribution is 0.513. The van der Waals surface area contributed by atoms with Gasteiger partial charge in [-0.3, -0.25) is 4.57 Å². The summed E-state index contributed by atoms with van der Waals surface area (Å²) in [4.78, 5) is 10.8. The molecule has 6 nitrogen and oxygen atoms in total. The van der Waals surface area contributed by atoms with Gasteiger partial charge in [-0.2, -0.15) is 0 Å². The van der Waals surface area contributed by atoms with Crippen LogP contribution in [0, 0.1) is 11.8 Å². The van der Waals surface area contributed by atoms with Crippen molar-refractivity contribution in [3.05, 3.63) is 18.5 Å². The van der Waals surface area contributed by atoms with Crippen LogP contribution in [0.4, 0.5) is 5.95 Å². The molecule has 0 aromatic carbocycles. The molecule has 0 spiro atoms. The average molecular weight is 270 g/mol. The minimum Gasteiger partial charge on any atom is -0.341 e. The summed E-state index contributed by atoms with van der Waals surface area (Å²) in [5, 5.41) is 8.61. The lowest BCUT2D eigenvalue weighted by Gasteiger charge is -2.16. The molecule has 20 heavy (non-hydrogen) atoms. The first-order chi connectivity index (χ1) is 9.83. The first-order valence-corrected chi connectivity index (χ1v) is 7.24. The molecule has 0 amide bonds. The van der Waals surface area contributed by atoms with Crippen LogP contribution in [-0.2, 0) is 7.05 Å². The molecule has 2 aromatic heterocycles. The summed E-state index contributed by atoms with van der Waals surface area (Å²) < 4.78 is 2.00. The van der Waals surface area contributed by atoms with Gasteiger partial charge in [0.1, 0.15) is 0 Å². The quantitative estimate of drug-likeness (QED) is 0.846. The van der Waals surface area contributed by atoms with Crippen molar-refractivity contribution < 1.29 is 0 Å². The fraction of sp³-hybridized carbons (Fsp3) is 0.571. The van der Waals surface area contributed by atoms with E-state index >= 15 is 0 Å². The van der Waals surface area contributed by atoms with E-state index in [0.29, 0.717) is 5.82 Å². The Balaban J connectivity index is 1.59. The summed E-state index contributed by atoms with van der Waals surface area (Å²) in [6, 6.07) is 1.81. The zero-order valence-corrected chi connectivity index (χ0v) is 11.6. The van der Waals surface area contributed by atoms with E-state index in [4.69, 9.17) is 0 Å². The summed E-state index contributed by atoms with van der Waals surface area (Å²) in [7, 11) is 1.99. The average Bonchev–Trinajstić information content (AvgIpc) is 3.09. The highest BCUT2D eigenvalue weighted by atomic mass is 15.4. The number of hydrogen-bond donors (Lipinski definition) is 0. The Morgan fingerprint density at radius 1 is 1.05 bits per heavy atom. The molecule has 1 saturated heterocycles. The summed E-state index contributed by atoms with van der Waals surface area (Å²) in [5.41, 5.74) is 0. The zero-order chi connectivity index (χ0) is 13.5. The fourth-order valence-electron chi connectivity index (χ4n) is 3.13. The van der Waals surface area contributed by atoms with E-state index in [1.165, 1.54) is 19.3 Å². The van der Waals surface area contributed by atoms with Crippen LogP contribution < -0.4 is 4.90 Å². The predicted molar refractivity (Wildman–Crippen MR) is 75.1 cm³/mol. The van der Waals surface area contributed by atoms with Crippen molar-refractivity contribution in [3.63, 3.8) is 0 Å². The monoisotopic (exact) mass is 270 g/mol. The first kappa shape index (κ1) is 11.8. The third-order valence-corrected chi connectivity index (χ3v) is 4.41. The molecule has 0 N–H and O–H groups in total. The number of nitrogens with zero attached hydrogens (tertiary/aromatic N) is 6. The molecular formula is C14H18N6. The molecule has 2 fully saturated rings. The van der Waals surface area contributed by atoms with Crippen LogP contribution in [0.1, 0.15) is 19.3 Å². The molecule has 1 aliphatic heterocycles. The van der Waals surface area contributed by atoms with Crippen LogP contribution >= 0.6 is 0 Å². The van der Waals surface area contributed by atoms with Crippen molar-refractivity contribution >= 4 is 5.95 Å². The predicted octanol–water partition coefficient (Wildman–Crippen LogP) is 1.51. The van der Waals surface area contributed by atoms with Gasteiger partial charge >= 0.3 is 0 Å². The van der Waals surface area contributed by atoms with Gasteiger partial charge in [-0.1, -0.05) is 0 Å². The highest BCUT2D eigenvalue weighted by Gasteiger charge is 2.37. The molecule has 1 aliphatic carbocycles. The van der Waals surface area contributed by atoms with Crippen molar-refractivity contribution in [2.45, 2.75) is 19.3 Å². The minimum atomic E-state index is 0.631. The standard InChI is InChI=1S/C14H18N6/c1-19-13(12-15-6-2-7-16-12)17-18-14(19)20-8-5-11(9-20)10-3-4-10/h2,6-7,10-11H,3-5,8-9H2,1H3. The van der Waals surface area contributed by atoms with Gasteiger partial charge in [0.25, 0.3) is 0 Å². The summed E-state index contributed by atoms with van der Waals surface area (Å²) >= 11 is 0. The lowest BCUT2D eigenvalue weighted by atomic mass is 10.0. The number of anilines is 1. The number of rotatable bonds is 3. The van der Waals surface area contributed by atoms with Gasteiger partial charge in [0.05, 0.1) is 0 Å². The fourth-order valence-corrected chi connectivity index (χ4v) is 3.13. The van der Waals surface area contributed by atoms with Gasteiger partial charge in [0.15, 0.2) is 5.82 Å². The zero-order valence-electron chi connectivity index (χ0n) is 11.6. The third-order valence-electron chi connectivity index (χ3n) is 4.41. The van der Waals surface area contributed by atoms with Crippen molar-refractivity contribution in [1.29, 1.82) is 0 Å². The molecule has 3 heterocycles. The molecule has 0 radical (unpaired) electrons. The molecule has 4 rings (SSSR count). The van der Waals surface area contributed by atoms with Gasteiger partial charge in [0, 0.05) is 32.5 Å². The van der Waals surface area contributed by atoms with Crippen molar-refractivity contribution in [2.24, 2.45) is 18.9 Å². The van der Waals surface area contributed by atoms with Crippen LogP contribution in [0.2, 0.25) is 0 Å². The Bertz CT molecular complexity index is 603. The van der Waals surface area contributed by atoms with E-state index in [0.717, 1.165) is 36.7 Å². The Morgan fingerprint density at radius 2 is 1.85 bits per heavy atom. The second kappa shape index (κ2) is 4.54. The SMILES string of the molecule is Cn1c(-c2ncccn2)nnc1N1CCC(C2CC2)C1. The second-order valence-electron chi connectivity index (χ2n) is 5.79. The topological polar surface area (TPSA) is 59.7 Å². The van der Waals surface area contributed by atoms with Crippen LogP contribution in [0.5, 0.6) is 0 Å². The van der Waals surface area contributed by atoms with Gasteiger partial charge in [-0.25, -0.2) is 9.97 Å². The maximum Gasteiger partial charge on any atom is 0.227 e. The van der Waals surface area contributed by atoms with E-state index < -0.39 is 0 Å². The summed E-state index contributed by atoms with van der Waals surface area (Å²) in [6.45, 7) is 2.20. The largest absolute Gasteiger partial charge is 0.341 e. The molecule has 6 heteroatoms. The maximum absolute atomic E-state index is 4.35. The highest BCUT2D eigenvalue weighted by Crippen LogP contribution is 2.41. The lowest BCUT2D eigenvalue weighted by Crippen LogP contribution is -2.23. The summed E-state index contributed by atoms with van der Waals surface area (Å²) in [5.74, 6) is 4.12.